The monoisotopic (exact) mass is 265 g/mol. The van der Waals surface area contributed by atoms with E-state index in [0.717, 1.165) is 5.39 Å². The molecule has 0 amide bonds. The smallest absolute Gasteiger partial charge is 0.204 e. The maximum Gasteiger partial charge on any atom is 0.204 e. The molecule has 1 aromatic carbocycles. The first-order valence-electron chi connectivity index (χ1n) is 5.68. The fraction of sp³-hybridized carbons (Fsp3) is 0.308. The summed E-state index contributed by atoms with van der Waals surface area (Å²) in [6.07, 6.45) is 0. The lowest BCUT2D eigenvalue weighted by Gasteiger charge is -2.10. The zero-order valence-corrected chi connectivity index (χ0v) is 10.9. The van der Waals surface area contributed by atoms with E-state index in [1.54, 1.807) is 0 Å². The highest BCUT2D eigenvalue weighted by Crippen LogP contribution is 2.33. The predicted octanol–water partition coefficient (Wildman–Crippen LogP) is 2.07. The molecule has 0 saturated carbocycles. The van der Waals surface area contributed by atoms with Crippen LogP contribution in [0.4, 0.5) is 0 Å². The van der Waals surface area contributed by atoms with Crippen LogP contribution < -0.4 is 10.5 Å². The van der Waals surface area contributed by atoms with Crippen LogP contribution in [0.5, 0.6) is 5.75 Å². The zero-order valence-electron chi connectivity index (χ0n) is 10.1. The van der Waals surface area contributed by atoms with Gasteiger partial charge in [0.05, 0.1) is 12.0 Å². The second-order valence-electron chi connectivity index (χ2n) is 4.22. The lowest BCUT2D eigenvalue weighted by molar-refractivity contribution is 0.174. The molecule has 96 valence electrons. The van der Waals surface area contributed by atoms with Crippen LogP contribution in [0.3, 0.4) is 0 Å². The fourth-order valence-corrected chi connectivity index (χ4v) is 1.74. The van der Waals surface area contributed by atoms with E-state index in [4.69, 9.17) is 32.2 Å². The minimum absolute atomic E-state index is 0.0397. The summed E-state index contributed by atoms with van der Waals surface area (Å²) in [5.41, 5.74) is 6.31. The molecule has 1 heterocycles. The standard InChI is InChI=1S/C13H15NO3S/c1-8(6-15)7-16-11-9-4-2-3-5-10(9)17-12(11)13(14)18/h2-5,8,15H,6-7H2,1H3,(H2,14,18). The zero-order chi connectivity index (χ0) is 13.1. The highest BCUT2D eigenvalue weighted by atomic mass is 32.1. The molecule has 3 N–H and O–H groups in total. The number of thiocarbonyl (C=S) groups is 1. The van der Waals surface area contributed by atoms with Gasteiger partial charge in [-0.05, 0) is 12.1 Å². The molecular formula is C13H15NO3S. The van der Waals surface area contributed by atoms with Gasteiger partial charge in [0.2, 0.25) is 5.76 Å². The van der Waals surface area contributed by atoms with E-state index in [2.05, 4.69) is 0 Å². The number of aliphatic hydroxyl groups is 1. The van der Waals surface area contributed by atoms with E-state index in [-0.39, 0.29) is 17.5 Å². The summed E-state index contributed by atoms with van der Waals surface area (Å²) < 4.78 is 11.3. The number of para-hydroxylation sites is 1. The van der Waals surface area contributed by atoms with E-state index < -0.39 is 0 Å². The molecule has 0 bridgehead atoms. The summed E-state index contributed by atoms with van der Waals surface area (Å²) in [6.45, 7) is 2.34. The van der Waals surface area contributed by atoms with Crippen LogP contribution in [0.1, 0.15) is 12.7 Å². The molecule has 18 heavy (non-hydrogen) atoms. The minimum atomic E-state index is 0.0397. The van der Waals surface area contributed by atoms with Crippen LogP contribution in [0, 0.1) is 5.92 Å². The maximum atomic E-state index is 9.00. The first kappa shape index (κ1) is 12.9. The van der Waals surface area contributed by atoms with Crippen molar-refractivity contribution in [3.63, 3.8) is 0 Å². The number of aliphatic hydroxyl groups excluding tert-OH is 1. The van der Waals surface area contributed by atoms with Gasteiger partial charge in [0.25, 0.3) is 0 Å². The first-order valence-corrected chi connectivity index (χ1v) is 6.09. The largest absolute Gasteiger partial charge is 0.488 e. The second-order valence-corrected chi connectivity index (χ2v) is 4.66. The van der Waals surface area contributed by atoms with Crippen molar-refractivity contribution < 1.29 is 14.3 Å². The lowest BCUT2D eigenvalue weighted by Crippen LogP contribution is -2.15. The Morgan fingerprint density at radius 2 is 2.22 bits per heavy atom. The third-order valence-corrected chi connectivity index (χ3v) is 2.78. The van der Waals surface area contributed by atoms with Crippen molar-refractivity contribution in [1.82, 2.24) is 0 Å². The first-order chi connectivity index (χ1) is 8.63. The molecule has 0 aliphatic heterocycles. The van der Waals surface area contributed by atoms with Gasteiger partial charge in [0.15, 0.2) is 5.75 Å². The summed E-state index contributed by atoms with van der Waals surface area (Å²) in [4.78, 5) is 0.165. The second kappa shape index (κ2) is 5.37. The average Bonchev–Trinajstić information content (AvgIpc) is 2.75. The number of nitrogens with two attached hydrogens (primary N) is 1. The highest BCUT2D eigenvalue weighted by molar-refractivity contribution is 7.80. The molecule has 1 atom stereocenters. The van der Waals surface area contributed by atoms with Gasteiger partial charge in [-0.1, -0.05) is 31.3 Å². The van der Waals surface area contributed by atoms with Crippen molar-refractivity contribution in [2.45, 2.75) is 6.92 Å². The number of rotatable bonds is 5. The number of hydrogen-bond donors (Lipinski definition) is 2. The number of benzene rings is 1. The van der Waals surface area contributed by atoms with Crippen molar-refractivity contribution in [3.05, 3.63) is 30.0 Å². The Labute approximate surface area is 110 Å². The molecule has 0 saturated heterocycles. The van der Waals surface area contributed by atoms with Crippen LogP contribution in [-0.4, -0.2) is 23.3 Å². The Morgan fingerprint density at radius 3 is 2.89 bits per heavy atom. The van der Waals surface area contributed by atoms with Gasteiger partial charge in [-0.25, -0.2) is 0 Å². The Morgan fingerprint density at radius 1 is 1.50 bits per heavy atom. The van der Waals surface area contributed by atoms with Crippen LogP contribution in [0.15, 0.2) is 28.7 Å². The Kier molecular flexibility index (Phi) is 3.84. The third-order valence-electron chi connectivity index (χ3n) is 2.60. The van der Waals surface area contributed by atoms with Crippen molar-refractivity contribution in [2.24, 2.45) is 11.7 Å². The molecule has 4 nitrogen and oxygen atoms in total. The molecule has 2 rings (SSSR count). The van der Waals surface area contributed by atoms with Crippen molar-refractivity contribution in [2.75, 3.05) is 13.2 Å². The quantitative estimate of drug-likeness (QED) is 0.810. The lowest BCUT2D eigenvalue weighted by atomic mass is 10.2. The van der Waals surface area contributed by atoms with E-state index in [1.807, 2.05) is 31.2 Å². The summed E-state index contributed by atoms with van der Waals surface area (Å²) in [5.74, 6) is 0.979. The predicted molar refractivity (Wildman–Crippen MR) is 73.8 cm³/mol. The highest BCUT2D eigenvalue weighted by Gasteiger charge is 2.18. The molecule has 2 aromatic rings. The molecular weight excluding hydrogens is 250 g/mol. The van der Waals surface area contributed by atoms with Crippen LogP contribution in [0.2, 0.25) is 0 Å². The summed E-state index contributed by atoms with van der Waals surface area (Å²) in [6, 6.07) is 7.48. The van der Waals surface area contributed by atoms with Gasteiger partial charge in [-0.3, -0.25) is 0 Å². The van der Waals surface area contributed by atoms with Gasteiger partial charge in [0.1, 0.15) is 10.6 Å². The normalized spacial score (nSPS) is 12.6. The van der Waals surface area contributed by atoms with E-state index in [1.165, 1.54) is 0 Å². The molecule has 0 aliphatic rings. The molecule has 5 heteroatoms. The summed E-state index contributed by atoms with van der Waals surface area (Å²) in [7, 11) is 0. The number of hydrogen-bond acceptors (Lipinski definition) is 4. The summed E-state index contributed by atoms with van der Waals surface area (Å²) in [5, 5.41) is 9.84. The third kappa shape index (κ3) is 2.47. The molecule has 0 fully saturated rings. The number of ether oxygens (including phenoxy) is 1. The van der Waals surface area contributed by atoms with Crippen molar-refractivity contribution >= 4 is 28.2 Å². The molecule has 0 aliphatic carbocycles. The van der Waals surface area contributed by atoms with Crippen LogP contribution in [0.25, 0.3) is 11.0 Å². The fourth-order valence-electron chi connectivity index (χ4n) is 1.61. The maximum absolute atomic E-state index is 9.00. The Balaban J connectivity index is 2.39. The number of fused-ring (bicyclic) bond motifs is 1. The Bertz CT molecular complexity index is 564. The molecule has 0 spiro atoms. The molecule has 1 unspecified atom stereocenters. The molecule has 1 aromatic heterocycles. The average molecular weight is 265 g/mol. The van der Waals surface area contributed by atoms with Gasteiger partial charge in [-0.15, -0.1) is 0 Å². The summed E-state index contributed by atoms with van der Waals surface area (Å²) >= 11 is 4.95. The van der Waals surface area contributed by atoms with Gasteiger partial charge in [0, 0.05) is 12.5 Å². The van der Waals surface area contributed by atoms with Crippen molar-refractivity contribution in [3.8, 4) is 5.75 Å². The van der Waals surface area contributed by atoms with Crippen LogP contribution in [-0.2, 0) is 0 Å². The SMILES string of the molecule is CC(CO)COc1c(C(N)=S)oc2ccccc12. The van der Waals surface area contributed by atoms with E-state index >= 15 is 0 Å². The van der Waals surface area contributed by atoms with E-state index in [9.17, 15) is 0 Å². The minimum Gasteiger partial charge on any atom is -0.488 e. The Hall–Kier alpha value is -1.59. The van der Waals surface area contributed by atoms with Crippen molar-refractivity contribution in [1.29, 1.82) is 0 Å². The van der Waals surface area contributed by atoms with E-state index in [0.29, 0.717) is 23.7 Å². The van der Waals surface area contributed by atoms with Gasteiger partial charge < -0.3 is 20.0 Å². The number of furan rings is 1. The van der Waals surface area contributed by atoms with Crippen LogP contribution >= 0.6 is 12.2 Å². The molecule has 0 radical (unpaired) electrons. The van der Waals surface area contributed by atoms with Gasteiger partial charge >= 0.3 is 0 Å². The topological polar surface area (TPSA) is 68.6 Å². The van der Waals surface area contributed by atoms with Gasteiger partial charge in [-0.2, -0.15) is 0 Å².